The Labute approximate surface area is 232 Å². The van der Waals surface area contributed by atoms with Gasteiger partial charge in [0.2, 0.25) is 5.60 Å². The SMILES string of the molecule is C=C(C/C=C/[C@]1(C(=O)OC)OC(C)(C)O[C@@H]1[C@@H](C)CC)CCC(=O)OCC1c2ccccc2-c2ccccc21. The Kier molecular flexibility index (Phi) is 8.77. The van der Waals surface area contributed by atoms with Crippen LogP contribution in [0, 0.1) is 5.92 Å². The van der Waals surface area contributed by atoms with Gasteiger partial charge in [0.15, 0.2) is 5.79 Å². The minimum absolute atomic E-state index is 0.0401. The molecule has 208 valence electrons. The molecule has 0 saturated carbocycles. The topological polar surface area (TPSA) is 71.1 Å². The van der Waals surface area contributed by atoms with Gasteiger partial charge < -0.3 is 18.9 Å². The number of fused-ring (bicyclic) bond motifs is 3. The van der Waals surface area contributed by atoms with Crippen LogP contribution in [0.25, 0.3) is 11.1 Å². The van der Waals surface area contributed by atoms with Crippen LogP contribution in [-0.2, 0) is 28.5 Å². The number of hydrogen-bond donors (Lipinski definition) is 0. The zero-order valence-electron chi connectivity index (χ0n) is 23.7. The lowest BCUT2D eigenvalue weighted by atomic mass is 9.85. The van der Waals surface area contributed by atoms with Crippen LogP contribution < -0.4 is 0 Å². The first-order valence-electron chi connectivity index (χ1n) is 13.8. The lowest BCUT2D eigenvalue weighted by Crippen LogP contribution is -2.49. The fourth-order valence-corrected chi connectivity index (χ4v) is 5.62. The molecular weight excluding hydrogens is 492 g/mol. The van der Waals surface area contributed by atoms with Gasteiger partial charge in [0, 0.05) is 12.3 Å². The van der Waals surface area contributed by atoms with Gasteiger partial charge in [-0.2, -0.15) is 0 Å². The molecule has 6 nitrogen and oxygen atoms in total. The molecule has 3 atom stereocenters. The molecule has 0 unspecified atom stereocenters. The average Bonchev–Trinajstić information content (AvgIpc) is 3.41. The summed E-state index contributed by atoms with van der Waals surface area (Å²) in [6.07, 6.45) is 5.17. The van der Waals surface area contributed by atoms with Crippen LogP contribution in [-0.4, -0.2) is 43.1 Å². The van der Waals surface area contributed by atoms with Gasteiger partial charge in [0.1, 0.15) is 12.7 Å². The molecule has 39 heavy (non-hydrogen) atoms. The van der Waals surface area contributed by atoms with Crippen molar-refractivity contribution in [3.8, 4) is 11.1 Å². The molecule has 0 spiro atoms. The second-order valence-corrected chi connectivity index (χ2v) is 11.0. The molecule has 1 heterocycles. The number of allylic oxidation sites excluding steroid dienone is 2. The molecule has 1 aliphatic heterocycles. The zero-order chi connectivity index (χ0) is 28.2. The molecular formula is C33H40O6. The Bertz CT molecular complexity index is 1200. The van der Waals surface area contributed by atoms with Gasteiger partial charge in [-0.3, -0.25) is 4.79 Å². The van der Waals surface area contributed by atoms with Crippen LogP contribution in [0.2, 0.25) is 0 Å². The van der Waals surface area contributed by atoms with Gasteiger partial charge in [-0.1, -0.05) is 87.0 Å². The predicted molar refractivity (Wildman–Crippen MR) is 151 cm³/mol. The van der Waals surface area contributed by atoms with Crippen LogP contribution in [0.1, 0.15) is 70.4 Å². The van der Waals surface area contributed by atoms with Gasteiger partial charge in [-0.05, 0) is 60.9 Å². The minimum Gasteiger partial charge on any atom is -0.467 e. The van der Waals surface area contributed by atoms with E-state index in [0.29, 0.717) is 19.4 Å². The van der Waals surface area contributed by atoms with Gasteiger partial charge >= 0.3 is 11.9 Å². The number of carbonyl (C=O) groups excluding carboxylic acids is 2. The summed E-state index contributed by atoms with van der Waals surface area (Å²) in [6.45, 7) is 12.1. The quantitative estimate of drug-likeness (QED) is 0.236. The summed E-state index contributed by atoms with van der Waals surface area (Å²) < 4.78 is 23.1. The Hall–Kier alpha value is -3.22. The van der Waals surface area contributed by atoms with Crippen molar-refractivity contribution < 1.29 is 28.5 Å². The Morgan fingerprint density at radius 2 is 1.67 bits per heavy atom. The van der Waals surface area contributed by atoms with E-state index < -0.39 is 23.5 Å². The van der Waals surface area contributed by atoms with E-state index in [2.05, 4.69) is 37.8 Å². The van der Waals surface area contributed by atoms with E-state index in [4.69, 9.17) is 18.9 Å². The lowest BCUT2D eigenvalue weighted by molar-refractivity contribution is -0.179. The zero-order valence-corrected chi connectivity index (χ0v) is 23.7. The van der Waals surface area contributed by atoms with Crippen LogP contribution in [0.4, 0.5) is 0 Å². The van der Waals surface area contributed by atoms with E-state index in [1.54, 1.807) is 19.9 Å². The van der Waals surface area contributed by atoms with Crippen LogP contribution in [0.5, 0.6) is 0 Å². The second kappa shape index (κ2) is 11.9. The maximum Gasteiger partial charge on any atom is 0.345 e. The number of rotatable bonds is 11. The Morgan fingerprint density at radius 1 is 1.05 bits per heavy atom. The van der Waals surface area contributed by atoms with Crippen molar-refractivity contribution in [2.24, 2.45) is 5.92 Å². The van der Waals surface area contributed by atoms with Crippen LogP contribution >= 0.6 is 0 Å². The van der Waals surface area contributed by atoms with E-state index in [9.17, 15) is 9.59 Å². The number of esters is 2. The molecule has 0 N–H and O–H groups in total. The number of hydrogen-bond acceptors (Lipinski definition) is 6. The highest BCUT2D eigenvalue weighted by Gasteiger charge is 2.59. The molecule has 1 fully saturated rings. The molecule has 0 aromatic heterocycles. The van der Waals surface area contributed by atoms with Gasteiger partial charge in [0.05, 0.1) is 7.11 Å². The van der Waals surface area contributed by atoms with Gasteiger partial charge in [-0.25, -0.2) is 4.79 Å². The summed E-state index contributed by atoms with van der Waals surface area (Å²) in [7, 11) is 1.35. The molecule has 4 rings (SSSR count). The van der Waals surface area contributed by atoms with Crippen molar-refractivity contribution in [3.05, 3.63) is 84.0 Å². The highest BCUT2D eigenvalue weighted by molar-refractivity contribution is 5.83. The number of methoxy groups -OCH3 is 1. The van der Waals surface area contributed by atoms with Crippen LogP contribution in [0.3, 0.4) is 0 Å². The summed E-state index contributed by atoms with van der Waals surface area (Å²) in [4.78, 5) is 25.6. The summed E-state index contributed by atoms with van der Waals surface area (Å²) in [6, 6.07) is 16.6. The molecule has 2 aliphatic rings. The van der Waals surface area contributed by atoms with Crippen molar-refractivity contribution in [3.63, 3.8) is 0 Å². The maximum atomic E-state index is 12.9. The van der Waals surface area contributed by atoms with E-state index in [-0.39, 0.29) is 24.2 Å². The fourth-order valence-electron chi connectivity index (χ4n) is 5.62. The normalized spacial score (nSPS) is 22.3. The number of carbonyl (C=O) groups is 2. The van der Waals surface area contributed by atoms with E-state index >= 15 is 0 Å². The second-order valence-electron chi connectivity index (χ2n) is 11.0. The third-order valence-electron chi connectivity index (χ3n) is 7.74. The Morgan fingerprint density at radius 3 is 2.26 bits per heavy atom. The monoisotopic (exact) mass is 532 g/mol. The first kappa shape index (κ1) is 28.8. The van der Waals surface area contributed by atoms with Crippen molar-refractivity contribution in [2.75, 3.05) is 13.7 Å². The molecule has 1 saturated heterocycles. The first-order chi connectivity index (χ1) is 18.6. The fraction of sp³-hybridized carbons (Fsp3) is 0.455. The van der Waals surface area contributed by atoms with Crippen molar-refractivity contribution >= 4 is 11.9 Å². The molecule has 0 radical (unpaired) electrons. The molecule has 2 aromatic rings. The molecule has 1 aliphatic carbocycles. The van der Waals surface area contributed by atoms with E-state index in [0.717, 1.165) is 12.0 Å². The van der Waals surface area contributed by atoms with E-state index in [1.807, 2.05) is 37.3 Å². The lowest BCUT2D eigenvalue weighted by Gasteiger charge is -2.30. The van der Waals surface area contributed by atoms with Crippen molar-refractivity contribution in [1.29, 1.82) is 0 Å². The Balaban J connectivity index is 1.33. The van der Waals surface area contributed by atoms with E-state index in [1.165, 1.54) is 29.4 Å². The maximum absolute atomic E-state index is 12.9. The average molecular weight is 533 g/mol. The van der Waals surface area contributed by atoms with Crippen LogP contribution in [0.15, 0.2) is 72.8 Å². The van der Waals surface area contributed by atoms with Crippen molar-refractivity contribution in [2.45, 2.75) is 76.8 Å². The van der Waals surface area contributed by atoms with Crippen molar-refractivity contribution in [1.82, 2.24) is 0 Å². The first-order valence-corrected chi connectivity index (χ1v) is 13.8. The third-order valence-corrected chi connectivity index (χ3v) is 7.74. The minimum atomic E-state index is -1.33. The summed E-state index contributed by atoms with van der Waals surface area (Å²) in [5.41, 5.74) is 4.32. The molecule has 6 heteroatoms. The van der Waals surface area contributed by atoms with Gasteiger partial charge in [0.25, 0.3) is 0 Å². The molecule has 0 amide bonds. The molecule has 2 aromatic carbocycles. The predicted octanol–water partition coefficient (Wildman–Crippen LogP) is 6.73. The largest absolute Gasteiger partial charge is 0.467 e. The smallest absolute Gasteiger partial charge is 0.345 e. The van der Waals surface area contributed by atoms with Gasteiger partial charge in [-0.15, -0.1) is 0 Å². The molecule has 0 bridgehead atoms. The third kappa shape index (κ3) is 6.02. The summed E-state index contributed by atoms with van der Waals surface area (Å²) in [5, 5.41) is 0. The highest BCUT2D eigenvalue weighted by atomic mass is 16.8. The standard InChI is InChI=1S/C33H40O6/c1-7-23(3)30-33(31(35)36-6,39-32(4,5)38-30)20-12-13-22(2)18-19-29(34)37-21-28-26-16-10-8-14-24(26)25-15-9-11-17-27(25)28/h8-12,14-17,20,23,28,30H,2,7,13,18-19,21H2,1,3-6H3/b20-12+/t23-,30+,33-/m0/s1. The summed E-state index contributed by atoms with van der Waals surface area (Å²) in [5.74, 6) is -1.54. The highest BCUT2D eigenvalue weighted by Crippen LogP contribution is 2.45. The summed E-state index contributed by atoms with van der Waals surface area (Å²) >= 11 is 0. The number of ether oxygens (including phenoxy) is 4. The number of benzene rings is 2.